The van der Waals surface area contributed by atoms with Crippen LogP contribution in [0, 0.1) is 11.3 Å². The normalized spacial score (nSPS) is 17.9. The minimum atomic E-state index is -2.75. The zero-order chi connectivity index (χ0) is 25.6. The monoisotopic (exact) mass is 535 g/mol. The van der Waals surface area contributed by atoms with Crippen molar-refractivity contribution in [1.29, 1.82) is 5.26 Å². The van der Waals surface area contributed by atoms with Gasteiger partial charge in [-0.1, -0.05) is 11.3 Å². The van der Waals surface area contributed by atoms with Crippen LogP contribution in [0.25, 0.3) is 16.0 Å². The van der Waals surface area contributed by atoms with Gasteiger partial charge in [0, 0.05) is 57.8 Å². The van der Waals surface area contributed by atoms with Crippen LogP contribution in [0.2, 0.25) is 0 Å². The summed E-state index contributed by atoms with van der Waals surface area (Å²) >= 11 is -0.966. The largest absolute Gasteiger partial charge is 0.593 e. The smallest absolute Gasteiger partial charge is 0.319 e. The lowest BCUT2D eigenvalue weighted by Crippen LogP contribution is -2.51. The summed E-state index contributed by atoms with van der Waals surface area (Å²) in [6.07, 6.45) is 0.0997. The zero-order valence-corrected chi connectivity index (χ0v) is 21.2. The van der Waals surface area contributed by atoms with E-state index in [1.165, 1.54) is 9.58 Å². The molecule has 1 atom stereocenters. The van der Waals surface area contributed by atoms with E-state index in [4.69, 9.17) is 0 Å². The molecule has 3 heterocycles. The summed E-state index contributed by atoms with van der Waals surface area (Å²) in [5, 5.41) is 21.7. The van der Waals surface area contributed by atoms with Crippen molar-refractivity contribution in [2.24, 2.45) is 0 Å². The lowest BCUT2D eigenvalue weighted by Gasteiger charge is -2.37. The molecule has 15 heteroatoms. The fraction of sp³-hybridized carbons (Fsp3) is 0.476. The number of carbonyl (C=O) groups is 1. The lowest BCUT2D eigenvalue weighted by molar-refractivity contribution is 0.150. The van der Waals surface area contributed by atoms with Crippen molar-refractivity contribution in [3.63, 3.8) is 0 Å². The summed E-state index contributed by atoms with van der Waals surface area (Å²) in [6.45, 7) is 2.09. The quantitative estimate of drug-likeness (QED) is 0.476. The first-order valence-corrected chi connectivity index (χ1v) is 13.1. The molecule has 1 saturated heterocycles. The topological polar surface area (TPSA) is 129 Å². The van der Waals surface area contributed by atoms with E-state index in [-0.39, 0.29) is 11.2 Å². The maximum Gasteiger partial charge on any atom is 0.319 e. The van der Waals surface area contributed by atoms with Crippen LogP contribution in [0.15, 0.2) is 23.2 Å². The van der Waals surface area contributed by atoms with Crippen LogP contribution in [0.5, 0.6) is 0 Å². The highest BCUT2D eigenvalue weighted by Gasteiger charge is 2.48. The fourth-order valence-corrected chi connectivity index (χ4v) is 5.86. The molecule has 36 heavy (non-hydrogen) atoms. The van der Waals surface area contributed by atoms with Crippen molar-refractivity contribution >= 4 is 45.3 Å². The Morgan fingerprint density at radius 2 is 2.00 bits per heavy atom. The van der Waals surface area contributed by atoms with E-state index in [9.17, 15) is 23.4 Å². The number of nitrogens with one attached hydrogen (secondary N) is 1. The highest BCUT2D eigenvalue weighted by molar-refractivity contribution is 7.89. The standard InChI is InChI=1S/C21H23F2N9O2S2/c1-29(2)20(33)31-7-5-30(6-8-31)15-9-13(36(34)28-21(12-24)3-4-21)10-16-14(15)11-25-32(16)19-27-26-18(35-19)17(22)23/h9-11,17,28H,3-8H2,1-2H3. The first kappa shape index (κ1) is 24.6. The predicted octanol–water partition coefficient (Wildman–Crippen LogP) is 2.29. The van der Waals surface area contributed by atoms with Crippen molar-refractivity contribution in [2.45, 2.75) is 29.7 Å². The van der Waals surface area contributed by atoms with E-state index in [0.717, 1.165) is 22.4 Å². The van der Waals surface area contributed by atoms with Crippen LogP contribution >= 0.6 is 11.3 Å². The van der Waals surface area contributed by atoms with E-state index >= 15 is 0 Å². The van der Waals surface area contributed by atoms with E-state index < -0.39 is 28.3 Å². The average molecular weight is 536 g/mol. The van der Waals surface area contributed by atoms with Crippen LogP contribution in [0.3, 0.4) is 0 Å². The van der Waals surface area contributed by atoms with Gasteiger partial charge in [-0.2, -0.15) is 10.4 Å². The van der Waals surface area contributed by atoms with Crippen LogP contribution in [0.1, 0.15) is 24.3 Å². The number of alkyl halides is 2. The number of aromatic nitrogens is 4. The number of rotatable bonds is 6. The number of hydrogen-bond acceptors (Lipinski definition) is 9. The van der Waals surface area contributed by atoms with Crippen molar-refractivity contribution < 1.29 is 18.1 Å². The van der Waals surface area contributed by atoms with E-state index in [2.05, 4.69) is 31.0 Å². The Morgan fingerprint density at radius 1 is 1.28 bits per heavy atom. The molecule has 11 nitrogen and oxygen atoms in total. The first-order valence-electron chi connectivity index (χ1n) is 11.2. The maximum atomic E-state index is 13.2. The number of piperazine rings is 1. The summed E-state index contributed by atoms with van der Waals surface area (Å²) in [7, 11) is 3.42. The average Bonchev–Trinajstić information content (AvgIpc) is 3.27. The number of nitriles is 1. The second kappa shape index (κ2) is 9.43. The third kappa shape index (κ3) is 4.57. The number of carbonyl (C=O) groups excluding carboxylic acids is 1. The summed E-state index contributed by atoms with van der Waals surface area (Å²) in [6, 6.07) is 5.57. The predicted molar refractivity (Wildman–Crippen MR) is 129 cm³/mol. The van der Waals surface area contributed by atoms with Crippen molar-refractivity contribution in [3.8, 4) is 11.2 Å². The Bertz CT molecular complexity index is 1330. The molecule has 2 aliphatic rings. The Kier molecular flexibility index (Phi) is 6.45. The Hall–Kier alpha value is -3.06. The van der Waals surface area contributed by atoms with Gasteiger partial charge in [0.2, 0.25) is 5.13 Å². The van der Waals surface area contributed by atoms with Crippen molar-refractivity contribution in [1.82, 2.24) is 34.5 Å². The third-order valence-corrected chi connectivity index (χ3v) is 8.32. The van der Waals surface area contributed by atoms with Crippen LogP contribution < -0.4 is 9.62 Å². The lowest BCUT2D eigenvalue weighted by atomic mass is 10.1. The number of benzene rings is 1. The molecular formula is C21H23F2N9O2S2. The highest BCUT2D eigenvalue weighted by atomic mass is 32.2. The molecule has 1 aliphatic carbocycles. The van der Waals surface area contributed by atoms with E-state index in [0.29, 0.717) is 49.4 Å². The van der Waals surface area contributed by atoms with Gasteiger partial charge in [-0.05, 0) is 12.8 Å². The van der Waals surface area contributed by atoms with Gasteiger partial charge < -0.3 is 19.3 Å². The molecule has 0 radical (unpaired) electrons. The molecule has 1 aromatic carbocycles. The van der Waals surface area contributed by atoms with Crippen molar-refractivity contribution in [2.75, 3.05) is 45.2 Å². The van der Waals surface area contributed by atoms with Gasteiger partial charge in [0.15, 0.2) is 9.90 Å². The van der Waals surface area contributed by atoms with Gasteiger partial charge in [-0.25, -0.2) is 18.3 Å². The van der Waals surface area contributed by atoms with E-state index in [1.54, 1.807) is 37.3 Å². The molecule has 3 aromatic rings. The molecule has 2 fully saturated rings. The Balaban J connectivity index is 1.52. The van der Waals surface area contributed by atoms with Crippen molar-refractivity contribution in [3.05, 3.63) is 23.3 Å². The second-order valence-electron chi connectivity index (χ2n) is 8.87. The van der Waals surface area contributed by atoms with Crippen LogP contribution in [-0.4, -0.2) is 86.2 Å². The number of fused-ring (bicyclic) bond motifs is 1. The first-order chi connectivity index (χ1) is 17.2. The SMILES string of the molecule is CN(C)C(=O)N1CCN(c2cc([S+]([O-])NC3(C#N)CC3)cc3c2cnn3-c2nnc(C(F)F)s2)CC1. The zero-order valence-electron chi connectivity index (χ0n) is 19.5. The number of anilines is 1. The molecule has 2 aromatic heterocycles. The Labute approximate surface area is 212 Å². The van der Waals surface area contributed by atoms with Gasteiger partial charge in [0.05, 0.1) is 34.8 Å². The molecule has 1 aliphatic heterocycles. The van der Waals surface area contributed by atoms with Crippen LogP contribution in [0.4, 0.5) is 19.3 Å². The van der Waals surface area contributed by atoms with Gasteiger partial charge in [0.25, 0.3) is 6.43 Å². The minimum Gasteiger partial charge on any atom is -0.593 e. The van der Waals surface area contributed by atoms with Gasteiger partial charge >= 0.3 is 6.03 Å². The molecule has 5 rings (SSSR count). The molecule has 1 saturated carbocycles. The number of urea groups is 1. The molecule has 1 unspecified atom stereocenters. The fourth-order valence-electron chi connectivity index (χ4n) is 4.02. The summed E-state index contributed by atoms with van der Waals surface area (Å²) in [5.41, 5.74) is 0.480. The summed E-state index contributed by atoms with van der Waals surface area (Å²) in [4.78, 5) is 18.2. The molecular weight excluding hydrogens is 512 g/mol. The third-order valence-electron chi connectivity index (χ3n) is 6.18. The number of amides is 2. The molecule has 0 spiro atoms. The van der Waals surface area contributed by atoms with Gasteiger partial charge in [0.1, 0.15) is 5.54 Å². The van der Waals surface area contributed by atoms with Gasteiger partial charge in [-0.15, -0.1) is 14.9 Å². The van der Waals surface area contributed by atoms with Crippen LogP contribution in [-0.2, 0) is 11.4 Å². The molecule has 0 bridgehead atoms. The molecule has 2 amide bonds. The number of nitrogens with zero attached hydrogens (tertiary/aromatic N) is 8. The second-order valence-corrected chi connectivity index (χ2v) is 11.1. The van der Waals surface area contributed by atoms with Gasteiger partial charge in [-0.3, -0.25) is 0 Å². The Morgan fingerprint density at radius 3 is 2.58 bits per heavy atom. The molecule has 190 valence electrons. The summed E-state index contributed by atoms with van der Waals surface area (Å²) in [5.74, 6) is 0. The number of halogens is 2. The van der Waals surface area contributed by atoms with E-state index in [1.807, 2.05) is 0 Å². The highest BCUT2D eigenvalue weighted by Crippen LogP contribution is 2.38. The minimum absolute atomic E-state index is 0.0657. The molecule has 1 N–H and O–H groups in total. The number of hydrogen-bond donors (Lipinski definition) is 1. The summed E-state index contributed by atoms with van der Waals surface area (Å²) < 4.78 is 43.8. The maximum absolute atomic E-state index is 13.2.